The first-order chi connectivity index (χ1) is 5.57. The summed E-state index contributed by atoms with van der Waals surface area (Å²) in [7, 11) is -3.19. The van der Waals surface area contributed by atoms with E-state index in [9.17, 15) is 8.42 Å². The summed E-state index contributed by atoms with van der Waals surface area (Å²) in [6, 6.07) is 3.31. The van der Waals surface area contributed by atoms with Crippen molar-refractivity contribution in [2.24, 2.45) is 0 Å². The minimum absolute atomic E-state index is 0.0457. The molecule has 2 rings (SSSR count). The molecule has 64 valence electrons. The highest BCUT2D eigenvalue weighted by molar-refractivity contribution is 7.90. The van der Waals surface area contributed by atoms with E-state index >= 15 is 0 Å². The Morgan fingerprint density at radius 3 is 2.83 bits per heavy atom. The van der Waals surface area contributed by atoms with Gasteiger partial charge < -0.3 is 4.42 Å². The first-order valence-electron chi connectivity index (χ1n) is 3.24. The predicted octanol–water partition coefficient (Wildman–Crippen LogP) is 1.90. The Morgan fingerprint density at radius 1 is 1.50 bits per heavy atom. The van der Waals surface area contributed by atoms with Gasteiger partial charge in [0.1, 0.15) is 5.58 Å². The van der Waals surface area contributed by atoms with Crippen molar-refractivity contribution in [3.8, 4) is 0 Å². The Bertz CT molecular complexity index is 475. The first-order valence-corrected chi connectivity index (χ1v) is 6.01. The topological polar surface area (TPSA) is 47.3 Å². The van der Waals surface area contributed by atoms with Crippen molar-refractivity contribution >= 4 is 31.5 Å². The van der Waals surface area contributed by atoms with Crippen molar-refractivity contribution in [3.63, 3.8) is 0 Å². The molecule has 0 bridgehead atoms. The number of hydrogen-bond donors (Lipinski definition) is 0. The van der Waals surface area contributed by atoms with Gasteiger partial charge in [-0.25, -0.2) is 8.42 Å². The van der Waals surface area contributed by atoms with E-state index in [4.69, 9.17) is 4.42 Å². The van der Waals surface area contributed by atoms with E-state index in [1.54, 1.807) is 12.1 Å². The average molecular weight is 202 g/mol. The largest absolute Gasteiger partial charge is 0.444 e. The molecule has 0 amide bonds. The van der Waals surface area contributed by atoms with Crippen molar-refractivity contribution < 1.29 is 12.8 Å². The summed E-state index contributed by atoms with van der Waals surface area (Å²) in [5.41, 5.74) is 0.639. The van der Waals surface area contributed by atoms with Gasteiger partial charge in [-0.2, -0.15) is 0 Å². The zero-order chi connectivity index (χ0) is 8.77. The lowest BCUT2D eigenvalue weighted by molar-refractivity contribution is 0.484. The van der Waals surface area contributed by atoms with Crippen LogP contribution in [0.5, 0.6) is 0 Å². The van der Waals surface area contributed by atoms with Crippen molar-refractivity contribution in [2.75, 3.05) is 6.26 Å². The van der Waals surface area contributed by atoms with Gasteiger partial charge in [0.25, 0.3) is 0 Å². The molecule has 5 heteroatoms. The van der Waals surface area contributed by atoms with Gasteiger partial charge in [0, 0.05) is 12.3 Å². The number of furan rings is 1. The second-order valence-electron chi connectivity index (χ2n) is 2.49. The lowest BCUT2D eigenvalue weighted by atomic mass is 10.5. The molecule has 3 nitrogen and oxygen atoms in total. The maximum atomic E-state index is 11.0. The third-order valence-electron chi connectivity index (χ3n) is 1.48. The van der Waals surface area contributed by atoms with E-state index in [2.05, 4.69) is 0 Å². The molecular weight excluding hydrogens is 196 g/mol. The van der Waals surface area contributed by atoms with Crippen LogP contribution in [0.15, 0.2) is 27.0 Å². The second-order valence-corrected chi connectivity index (χ2v) is 5.38. The molecule has 0 aliphatic carbocycles. The molecule has 0 saturated carbocycles. The standard InChI is InChI=1S/C7H6O3S2/c1-12(8,9)7-4-6-5(10-7)2-3-11-6/h2-4H,1H3. The van der Waals surface area contributed by atoms with Gasteiger partial charge in [-0.15, -0.1) is 11.3 Å². The van der Waals surface area contributed by atoms with Crippen LogP contribution in [-0.4, -0.2) is 14.7 Å². The second kappa shape index (κ2) is 2.34. The Labute approximate surface area is 73.5 Å². The van der Waals surface area contributed by atoms with E-state index in [0.717, 1.165) is 11.0 Å². The molecule has 2 aromatic rings. The summed E-state index contributed by atoms with van der Waals surface area (Å²) in [5, 5.41) is 1.91. The van der Waals surface area contributed by atoms with Crippen LogP contribution in [0.1, 0.15) is 0 Å². The number of thiophene rings is 1. The average Bonchev–Trinajstić information content (AvgIpc) is 2.37. The highest BCUT2D eigenvalue weighted by atomic mass is 32.2. The van der Waals surface area contributed by atoms with Crippen LogP contribution >= 0.6 is 11.3 Å². The SMILES string of the molecule is CS(=O)(=O)c1cc2sccc2o1. The molecule has 0 saturated heterocycles. The van der Waals surface area contributed by atoms with Gasteiger partial charge >= 0.3 is 0 Å². The lowest BCUT2D eigenvalue weighted by Crippen LogP contribution is -1.93. The normalized spacial score (nSPS) is 12.4. The van der Waals surface area contributed by atoms with Crippen molar-refractivity contribution in [2.45, 2.75) is 5.09 Å². The summed E-state index contributed by atoms with van der Waals surface area (Å²) in [4.78, 5) is 0. The van der Waals surface area contributed by atoms with E-state index < -0.39 is 9.84 Å². The van der Waals surface area contributed by atoms with E-state index in [1.165, 1.54) is 11.3 Å². The van der Waals surface area contributed by atoms with Gasteiger partial charge in [0.2, 0.25) is 14.9 Å². The van der Waals surface area contributed by atoms with Crippen LogP contribution in [0.4, 0.5) is 0 Å². The Kier molecular flexibility index (Phi) is 1.52. The van der Waals surface area contributed by atoms with Gasteiger partial charge in [-0.05, 0) is 11.4 Å². The number of hydrogen-bond acceptors (Lipinski definition) is 4. The first kappa shape index (κ1) is 7.82. The third kappa shape index (κ3) is 1.15. The maximum absolute atomic E-state index is 11.0. The zero-order valence-electron chi connectivity index (χ0n) is 6.27. The highest BCUT2D eigenvalue weighted by Crippen LogP contribution is 2.26. The van der Waals surface area contributed by atoms with Crippen LogP contribution in [0.2, 0.25) is 0 Å². The van der Waals surface area contributed by atoms with Gasteiger partial charge in [0.05, 0.1) is 4.70 Å². The van der Waals surface area contributed by atoms with Crippen molar-refractivity contribution in [1.82, 2.24) is 0 Å². The number of sulfone groups is 1. The molecule has 2 aromatic heterocycles. The smallest absolute Gasteiger partial charge is 0.219 e. The summed E-state index contributed by atoms with van der Waals surface area (Å²) in [5.74, 6) is 0. The highest BCUT2D eigenvalue weighted by Gasteiger charge is 2.13. The van der Waals surface area contributed by atoms with Gasteiger partial charge in [0.15, 0.2) is 0 Å². The molecule has 0 aliphatic heterocycles. The summed E-state index contributed by atoms with van der Waals surface area (Å²) in [6.07, 6.45) is 1.13. The van der Waals surface area contributed by atoms with Gasteiger partial charge in [-0.3, -0.25) is 0 Å². The molecule has 0 unspecified atom stereocenters. The molecule has 0 spiro atoms. The minimum Gasteiger partial charge on any atom is -0.444 e. The molecule has 0 aromatic carbocycles. The van der Waals surface area contributed by atoms with E-state index in [0.29, 0.717) is 5.58 Å². The Balaban J connectivity index is 2.75. The number of fused-ring (bicyclic) bond motifs is 1. The third-order valence-corrected chi connectivity index (χ3v) is 3.26. The lowest BCUT2D eigenvalue weighted by Gasteiger charge is -1.87. The Hall–Kier alpha value is -0.810. The summed E-state index contributed by atoms with van der Waals surface area (Å²) >= 11 is 1.47. The molecule has 0 radical (unpaired) electrons. The quantitative estimate of drug-likeness (QED) is 0.709. The van der Waals surface area contributed by atoms with Crippen LogP contribution in [0.25, 0.3) is 10.3 Å². The molecule has 0 N–H and O–H groups in total. The fraction of sp³-hybridized carbons (Fsp3) is 0.143. The van der Waals surface area contributed by atoms with Gasteiger partial charge in [-0.1, -0.05) is 0 Å². The summed E-state index contributed by atoms with van der Waals surface area (Å²) < 4.78 is 28.0. The molecule has 2 heterocycles. The maximum Gasteiger partial charge on any atom is 0.219 e. The fourth-order valence-corrected chi connectivity index (χ4v) is 2.31. The summed E-state index contributed by atoms with van der Waals surface area (Å²) in [6.45, 7) is 0. The molecular formula is C7H6O3S2. The minimum atomic E-state index is -3.19. The van der Waals surface area contributed by atoms with Crippen LogP contribution in [0, 0.1) is 0 Å². The predicted molar refractivity (Wildman–Crippen MR) is 47.2 cm³/mol. The van der Waals surface area contributed by atoms with E-state index in [1.807, 2.05) is 5.38 Å². The van der Waals surface area contributed by atoms with Crippen LogP contribution in [-0.2, 0) is 9.84 Å². The monoisotopic (exact) mass is 202 g/mol. The van der Waals surface area contributed by atoms with Crippen molar-refractivity contribution in [3.05, 3.63) is 17.5 Å². The van der Waals surface area contributed by atoms with E-state index in [-0.39, 0.29) is 5.09 Å². The van der Waals surface area contributed by atoms with Crippen molar-refractivity contribution in [1.29, 1.82) is 0 Å². The molecule has 0 atom stereocenters. The van der Waals surface area contributed by atoms with Crippen LogP contribution < -0.4 is 0 Å². The fourth-order valence-electron chi connectivity index (χ4n) is 0.926. The Morgan fingerprint density at radius 2 is 2.25 bits per heavy atom. The zero-order valence-corrected chi connectivity index (χ0v) is 7.91. The molecule has 0 fully saturated rings. The molecule has 0 aliphatic rings. The molecule has 12 heavy (non-hydrogen) atoms. The number of rotatable bonds is 1. The van der Waals surface area contributed by atoms with Crippen LogP contribution in [0.3, 0.4) is 0 Å².